The average Bonchev–Trinajstić information content (AvgIpc) is 2.93. The molecule has 0 aliphatic carbocycles. The molecule has 1 N–H and O–H groups in total. The van der Waals surface area contributed by atoms with E-state index in [1.807, 2.05) is 0 Å². The number of nitrogens with zero attached hydrogens (tertiary/aromatic N) is 1. The second-order valence-corrected chi connectivity index (χ2v) is 5.30. The van der Waals surface area contributed by atoms with Gasteiger partial charge in [0.1, 0.15) is 5.82 Å². The first-order valence-electron chi connectivity index (χ1n) is 6.02. The van der Waals surface area contributed by atoms with Gasteiger partial charge in [0.2, 0.25) is 0 Å². The molecule has 6 heteroatoms. The molecule has 1 aromatic carbocycles. The molecular weight excluding hydrogens is 293 g/mol. The summed E-state index contributed by atoms with van der Waals surface area (Å²) in [5, 5.41) is 8.56. The highest BCUT2D eigenvalue weighted by molar-refractivity contribution is 7.15. The molecule has 0 saturated heterocycles. The summed E-state index contributed by atoms with van der Waals surface area (Å²) in [7, 11) is 1.49. The van der Waals surface area contributed by atoms with Gasteiger partial charge in [-0.15, -0.1) is 11.3 Å². The summed E-state index contributed by atoms with van der Waals surface area (Å²) in [4.78, 5) is 25.0. The van der Waals surface area contributed by atoms with E-state index in [2.05, 4.69) is 0 Å². The van der Waals surface area contributed by atoms with Gasteiger partial charge in [-0.3, -0.25) is 4.79 Å². The van der Waals surface area contributed by atoms with Crippen LogP contribution in [0, 0.1) is 5.82 Å². The topological polar surface area (TPSA) is 57.6 Å². The van der Waals surface area contributed by atoms with Crippen LogP contribution < -0.4 is 4.90 Å². The van der Waals surface area contributed by atoms with Gasteiger partial charge < -0.3 is 10.0 Å². The van der Waals surface area contributed by atoms with E-state index in [1.54, 1.807) is 24.3 Å². The summed E-state index contributed by atoms with van der Waals surface area (Å²) in [6, 6.07) is 9.24. The summed E-state index contributed by atoms with van der Waals surface area (Å²) in [6.07, 6.45) is 2.41. The molecule has 21 heavy (non-hydrogen) atoms. The zero-order valence-corrected chi connectivity index (χ0v) is 11.9. The number of rotatable bonds is 4. The Morgan fingerprint density at radius 2 is 1.95 bits per heavy atom. The lowest BCUT2D eigenvalue weighted by Crippen LogP contribution is -2.26. The third kappa shape index (κ3) is 3.55. The highest BCUT2D eigenvalue weighted by atomic mass is 32.1. The van der Waals surface area contributed by atoms with E-state index in [-0.39, 0.29) is 11.6 Å². The van der Waals surface area contributed by atoms with Crippen molar-refractivity contribution in [2.24, 2.45) is 0 Å². The molecule has 0 radical (unpaired) electrons. The predicted molar refractivity (Wildman–Crippen MR) is 80.1 cm³/mol. The molecule has 0 spiro atoms. The highest BCUT2D eigenvalue weighted by Crippen LogP contribution is 2.23. The molecule has 4 nitrogen and oxygen atoms in total. The molecular formula is C15H12FNO3S. The molecule has 0 saturated carbocycles. The second kappa shape index (κ2) is 6.32. The average molecular weight is 305 g/mol. The lowest BCUT2D eigenvalue weighted by Gasteiger charge is -2.16. The Balaban J connectivity index is 2.21. The fraction of sp³-hybridized carbons (Fsp3) is 0.0667. The van der Waals surface area contributed by atoms with Gasteiger partial charge in [0.25, 0.3) is 5.91 Å². The number of carbonyl (C=O) groups excluding carboxylic acids is 1. The molecule has 2 aromatic rings. The minimum absolute atomic E-state index is 0.193. The smallest absolute Gasteiger partial charge is 0.328 e. The van der Waals surface area contributed by atoms with Crippen LogP contribution in [0.15, 0.2) is 42.5 Å². The summed E-state index contributed by atoms with van der Waals surface area (Å²) in [5.41, 5.74) is 0.193. The SMILES string of the molecule is CN(C(=O)c1ccc(C=CC(=O)O)s1)c1ccccc1F. The van der Waals surface area contributed by atoms with Gasteiger partial charge in [-0.05, 0) is 30.3 Å². The van der Waals surface area contributed by atoms with Gasteiger partial charge in [0.05, 0.1) is 10.6 Å². The Kier molecular flexibility index (Phi) is 4.49. The minimum Gasteiger partial charge on any atom is -0.478 e. The molecule has 0 aliphatic heterocycles. The van der Waals surface area contributed by atoms with E-state index in [4.69, 9.17) is 5.11 Å². The number of hydrogen-bond donors (Lipinski definition) is 1. The van der Waals surface area contributed by atoms with Crippen LogP contribution in [0.3, 0.4) is 0 Å². The number of para-hydroxylation sites is 1. The van der Waals surface area contributed by atoms with Gasteiger partial charge in [0, 0.05) is 18.0 Å². The van der Waals surface area contributed by atoms with Crippen LogP contribution in [-0.4, -0.2) is 24.0 Å². The molecule has 1 heterocycles. The number of benzene rings is 1. The van der Waals surface area contributed by atoms with Crippen molar-refractivity contribution in [2.75, 3.05) is 11.9 Å². The van der Waals surface area contributed by atoms with E-state index in [0.717, 1.165) is 17.4 Å². The van der Waals surface area contributed by atoms with E-state index in [1.165, 1.54) is 30.2 Å². The van der Waals surface area contributed by atoms with Crippen molar-refractivity contribution in [1.82, 2.24) is 0 Å². The number of carboxylic acids is 1. The monoisotopic (exact) mass is 305 g/mol. The third-order valence-corrected chi connectivity index (χ3v) is 3.78. The number of carbonyl (C=O) groups is 2. The molecule has 108 valence electrons. The fourth-order valence-electron chi connectivity index (χ4n) is 1.71. The lowest BCUT2D eigenvalue weighted by atomic mass is 10.2. The zero-order valence-electron chi connectivity index (χ0n) is 11.1. The Bertz CT molecular complexity index is 708. The second-order valence-electron chi connectivity index (χ2n) is 4.19. The first kappa shape index (κ1) is 14.9. The van der Waals surface area contributed by atoms with Crippen LogP contribution in [0.25, 0.3) is 6.08 Å². The summed E-state index contributed by atoms with van der Waals surface area (Å²) in [5.74, 6) is -1.88. The number of anilines is 1. The molecule has 0 bridgehead atoms. The van der Waals surface area contributed by atoms with Crippen LogP contribution in [0.4, 0.5) is 10.1 Å². The number of aliphatic carboxylic acids is 1. The predicted octanol–water partition coefficient (Wildman–Crippen LogP) is 3.26. The molecule has 2 rings (SSSR count). The first-order valence-corrected chi connectivity index (χ1v) is 6.84. The fourth-order valence-corrected chi connectivity index (χ4v) is 2.60. The van der Waals surface area contributed by atoms with Gasteiger partial charge in [-0.2, -0.15) is 0 Å². The number of carboxylic acid groups (broad SMARTS) is 1. The van der Waals surface area contributed by atoms with E-state index < -0.39 is 11.8 Å². The van der Waals surface area contributed by atoms with Crippen molar-refractivity contribution in [2.45, 2.75) is 0 Å². The molecule has 1 aromatic heterocycles. The van der Waals surface area contributed by atoms with Crippen LogP contribution in [0.2, 0.25) is 0 Å². The van der Waals surface area contributed by atoms with Crippen LogP contribution in [0.5, 0.6) is 0 Å². The number of thiophene rings is 1. The van der Waals surface area contributed by atoms with Crippen molar-refractivity contribution < 1.29 is 19.1 Å². The molecule has 0 atom stereocenters. The maximum atomic E-state index is 13.7. The Morgan fingerprint density at radius 3 is 2.62 bits per heavy atom. The van der Waals surface area contributed by atoms with Gasteiger partial charge in [0.15, 0.2) is 0 Å². The molecule has 0 unspecified atom stereocenters. The normalized spacial score (nSPS) is 10.8. The summed E-state index contributed by atoms with van der Waals surface area (Å²) < 4.78 is 13.7. The largest absolute Gasteiger partial charge is 0.478 e. The van der Waals surface area contributed by atoms with Crippen molar-refractivity contribution in [3.63, 3.8) is 0 Å². The van der Waals surface area contributed by atoms with Crippen LogP contribution >= 0.6 is 11.3 Å². The van der Waals surface area contributed by atoms with E-state index in [0.29, 0.717) is 9.75 Å². The zero-order chi connectivity index (χ0) is 15.4. The minimum atomic E-state index is -1.06. The highest BCUT2D eigenvalue weighted by Gasteiger charge is 2.17. The van der Waals surface area contributed by atoms with Gasteiger partial charge in [-0.25, -0.2) is 9.18 Å². The Labute approximate surface area is 124 Å². The van der Waals surface area contributed by atoms with E-state index >= 15 is 0 Å². The number of halogens is 1. The van der Waals surface area contributed by atoms with Crippen LogP contribution in [-0.2, 0) is 4.79 Å². The standard InChI is InChI=1S/C15H12FNO3S/c1-17(12-5-3-2-4-11(12)16)15(20)13-8-6-10(21-13)7-9-14(18)19/h2-9H,1H3,(H,18,19). The summed E-state index contributed by atoms with van der Waals surface area (Å²) in [6.45, 7) is 0. The van der Waals surface area contributed by atoms with E-state index in [9.17, 15) is 14.0 Å². The van der Waals surface area contributed by atoms with Crippen molar-refractivity contribution in [1.29, 1.82) is 0 Å². The van der Waals surface area contributed by atoms with Crippen LogP contribution in [0.1, 0.15) is 14.5 Å². The van der Waals surface area contributed by atoms with Crippen molar-refractivity contribution in [3.05, 3.63) is 58.0 Å². The maximum absolute atomic E-state index is 13.7. The number of amides is 1. The molecule has 0 aliphatic rings. The summed E-state index contributed by atoms with van der Waals surface area (Å²) >= 11 is 1.15. The molecule has 0 fully saturated rings. The number of hydrogen-bond acceptors (Lipinski definition) is 3. The first-order chi connectivity index (χ1) is 9.99. The lowest BCUT2D eigenvalue weighted by molar-refractivity contribution is -0.131. The maximum Gasteiger partial charge on any atom is 0.328 e. The third-order valence-electron chi connectivity index (χ3n) is 2.75. The van der Waals surface area contributed by atoms with Gasteiger partial charge >= 0.3 is 5.97 Å². The Morgan fingerprint density at radius 1 is 1.24 bits per heavy atom. The quantitative estimate of drug-likeness (QED) is 0.882. The molecule has 1 amide bonds. The van der Waals surface area contributed by atoms with Crippen molar-refractivity contribution >= 4 is 35.0 Å². The van der Waals surface area contributed by atoms with Crippen molar-refractivity contribution in [3.8, 4) is 0 Å². The Hall–Kier alpha value is -2.47. The van der Waals surface area contributed by atoms with Gasteiger partial charge in [-0.1, -0.05) is 12.1 Å².